The minimum atomic E-state index is 0.150. The fourth-order valence-corrected chi connectivity index (χ4v) is 4.14. The van der Waals surface area contributed by atoms with Crippen LogP contribution in [-0.4, -0.2) is 50.5 Å². The number of rotatable bonds is 5. The Morgan fingerprint density at radius 2 is 2.15 bits per heavy atom. The maximum atomic E-state index is 9.09. The van der Waals surface area contributed by atoms with Gasteiger partial charge in [0.2, 0.25) is 0 Å². The van der Waals surface area contributed by atoms with Gasteiger partial charge in [-0.05, 0) is 19.8 Å². The molecule has 1 saturated heterocycles. The summed E-state index contributed by atoms with van der Waals surface area (Å²) in [5, 5.41) is 14.4. The fraction of sp³-hybridized carbons (Fsp3) is 0.800. The van der Waals surface area contributed by atoms with Gasteiger partial charge in [-0.25, -0.2) is 0 Å². The van der Waals surface area contributed by atoms with Crippen molar-refractivity contribution in [2.45, 2.75) is 46.0 Å². The molecule has 4 nitrogen and oxygen atoms in total. The van der Waals surface area contributed by atoms with Gasteiger partial charge < -0.3 is 5.11 Å². The van der Waals surface area contributed by atoms with Gasteiger partial charge in [-0.3, -0.25) is 9.58 Å². The SMILES string of the molecule is Cc1nn(CCO)c(C)c1CN1CCSC(C(C)C)C1. The van der Waals surface area contributed by atoms with Crippen molar-refractivity contribution >= 4 is 11.8 Å². The summed E-state index contributed by atoms with van der Waals surface area (Å²) in [7, 11) is 0. The first-order valence-corrected chi connectivity index (χ1v) is 8.55. The molecule has 0 amide bonds. The molecule has 1 aromatic heterocycles. The Balaban J connectivity index is 2.06. The average Bonchev–Trinajstić information content (AvgIpc) is 2.67. The molecule has 1 unspecified atom stereocenters. The van der Waals surface area contributed by atoms with Crippen molar-refractivity contribution in [1.82, 2.24) is 14.7 Å². The zero-order valence-corrected chi connectivity index (χ0v) is 13.9. The summed E-state index contributed by atoms with van der Waals surface area (Å²) in [6.07, 6.45) is 0. The maximum Gasteiger partial charge on any atom is 0.0644 e. The largest absolute Gasteiger partial charge is 0.394 e. The predicted molar refractivity (Wildman–Crippen MR) is 85.1 cm³/mol. The highest BCUT2D eigenvalue weighted by atomic mass is 32.2. The molecule has 1 fully saturated rings. The van der Waals surface area contributed by atoms with Gasteiger partial charge >= 0.3 is 0 Å². The molecule has 114 valence electrons. The third-order valence-electron chi connectivity index (χ3n) is 4.15. The maximum absolute atomic E-state index is 9.09. The molecule has 0 aromatic carbocycles. The molecule has 20 heavy (non-hydrogen) atoms. The molecule has 0 saturated carbocycles. The molecule has 0 aliphatic carbocycles. The molecule has 1 aliphatic heterocycles. The van der Waals surface area contributed by atoms with Gasteiger partial charge in [0.1, 0.15) is 0 Å². The summed E-state index contributed by atoms with van der Waals surface area (Å²) >= 11 is 2.11. The van der Waals surface area contributed by atoms with Gasteiger partial charge in [0.05, 0.1) is 18.8 Å². The molecule has 0 spiro atoms. The number of aliphatic hydroxyl groups excluding tert-OH is 1. The number of hydrogen-bond donors (Lipinski definition) is 1. The molecular weight excluding hydrogens is 270 g/mol. The van der Waals surface area contributed by atoms with Crippen molar-refractivity contribution in [3.8, 4) is 0 Å². The Bertz CT molecular complexity index is 445. The van der Waals surface area contributed by atoms with Crippen LogP contribution in [0.3, 0.4) is 0 Å². The van der Waals surface area contributed by atoms with E-state index in [0.29, 0.717) is 6.54 Å². The van der Waals surface area contributed by atoms with E-state index in [-0.39, 0.29) is 6.61 Å². The van der Waals surface area contributed by atoms with Crippen LogP contribution in [0.15, 0.2) is 0 Å². The van der Waals surface area contributed by atoms with Crippen LogP contribution < -0.4 is 0 Å². The smallest absolute Gasteiger partial charge is 0.0644 e. The molecule has 0 bridgehead atoms. The molecule has 2 heterocycles. The molecule has 1 aromatic rings. The summed E-state index contributed by atoms with van der Waals surface area (Å²) in [6, 6.07) is 0. The van der Waals surface area contributed by atoms with Crippen LogP contribution in [0.2, 0.25) is 0 Å². The zero-order chi connectivity index (χ0) is 14.7. The van der Waals surface area contributed by atoms with E-state index in [1.807, 2.05) is 4.68 Å². The highest BCUT2D eigenvalue weighted by molar-refractivity contribution is 8.00. The van der Waals surface area contributed by atoms with Gasteiger partial charge in [0.25, 0.3) is 0 Å². The number of thioether (sulfide) groups is 1. The number of aliphatic hydroxyl groups is 1. The molecule has 5 heteroatoms. The number of hydrogen-bond acceptors (Lipinski definition) is 4. The highest BCUT2D eigenvalue weighted by Gasteiger charge is 2.24. The van der Waals surface area contributed by atoms with Gasteiger partial charge in [0.15, 0.2) is 0 Å². The third-order valence-corrected chi connectivity index (χ3v) is 5.69. The van der Waals surface area contributed by atoms with Crippen molar-refractivity contribution < 1.29 is 5.11 Å². The fourth-order valence-electron chi connectivity index (χ4n) is 2.78. The Morgan fingerprint density at radius 1 is 1.40 bits per heavy atom. The normalized spacial score (nSPS) is 20.8. The first-order chi connectivity index (χ1) is 9.52. The van der Waals surface area contributed by atoms with E-state index in [1.54, 1.807) is 0 Å². The van der Waals surface area contributed by atoms with E-state index >= 15 is 0 Å². The molecule has 2 rings (SSSR count). The zero-order valence-electron chi connectivity index (χ0n) is 13.1. The lowest BCUT2D eigenvalue weighted by molar-refractivity contribution is 0.258. The van der Waals surface area contributed by atoms with Crippen LogP contribution in [0.1, 0.15) is 30.8 Å². The number of aryl methyl sites for hydroxylation is 1. The minimum absolute atomic E-state index is 0.150. The summed E-state index contributed by atoms with van der Waals surface area (Å²) in [5.41, 5.74) is 3.65. The van der Waals surface area contributed by atoms with E-state index in [1.165, 1.54) is 23.6 Å². The van der Waals surface area contributed by atoms with Gasteiger partial charge in [-0.15, -0.1) is 0 Å². The van der Waals surface area contributed by atoms with Crippen molar-refractivity contribution in [3.63, 3.8) is 0 Å². The lowest BCUT2D eigenvalue weighted by Gasteiger charge is -2.34. The van der Waals surface area contributed by atoms with Gasteiger partial charge in [-0.1, -0.05) is 13.8 Å². The first-order valence-electron chi connectivity index (χ1n) is 7.50. The van der Waals surface area contributed by atoms with E-state index < -0.39 is 0 Å². The van der Waals surface area contributed by atoms with E-state index in [4.69, 9.17) is 5.11 Å². The van der Waals surface area contributed by atoms with Crippen molar-refractivity contribution in [1.29, 1.82) is 0 Å². The Labute approximate surface area is 126 Å². The van der Waals surface area contributed by atoms with Crippen molar-refractivity contribution in [2.24, 2.45) is 5.92 Å². The van der Waals surface area contributed by atoms with Crippen molar-refractivity contribution in [2.75, 3.05) is 25.4 Å². The first kappa shape index (κ1) is 15.9. The van der Waals surface area contributed by atoms with Crippen LogP contribution in [0, 0.1) is 19.8 Å². The number of nitrogens with zero attached hydrogens (tertiary/aromatic N) is 3. The summed E-state index contributed by atoms with van der Waals surface area (Å²) in [5.74, 6) is 1.97. The van der Waals surface area contributed by atoms with Crippen LogP contribution in [-0.2, 0) is 13.1 Å². The Hall–Kier alpha value is -0.520. The quantitative estimate of drug-likeness (QED) is 0.903. The van der Waals surface area contributed by atoms with Crippen LogP contribution in [0.5, 0.6) is 0 Å². The topological polar surface area (TPSA) is 41.3 Å². The van der Waals surface area contributed by atoms with E-state index in [2.05, 4.69) is 49.5 Å². The summed E-state index contributed by atoms with van der Waals surface area (Å²) in [4.78, 5) is 2.56. The summed E-state index contributed by atoms with van der Waals surface area (Å²) < 4.78 is 1.93. The Kier molecular flexibility index (Phi) is 5.52. The van der Waals surface area contributed by atoms with Crippen molar-refractivity contribution in [3.05, 3.63) is 17.0 Å². The standard InChI is InChI=1S/C15H27N3OS/c1-11(2)15-10-17(6-8-20-15)9-14-12(3)16-18(5-7-19)13(14)4/h11,15,19H,5-10H2,1-4H3. The molecule has 1 atom stereocenters. The van der Waals surface area contributed by atoms with Crippen LogP contribution in [0.25, 0.3) is 0 Å². The highest BCUT2D eigenvalue weighted by Crippen LogP contribution is 2.26. The Morgan fingerprint density at radius 3 is 2.80 bits per heavy atom. The average molecular weight is 297 g/mol. The van der Waals surface area contributed by atoms with Gasteiger partial charge in [0, 0.05) is 41.9 Å². The molecular formula is C15H27N3OS. The van der Waals surface area contributed by atoms with Crippen LogP contribution >= 0.6 is 11.8 Å². The second-order valence-corrected chi connectivity index (χ2v) is 7.33. The lowest BCUT2D eigenvalue weighted by atomic mass is 10.1. The molecule has 0 radical (unpaired) electrons. The lowest BCUT2D eigenvalue weighted by Crippen LogP contribution is -2.39. The predicted octanol–water partition coefficient (Wildman–Crippen LogP) is 2.07. The number of aromatic nitrogens is 2. The third kappa shape index (κ3) is 3.57. The summed E-state index contributed by atoms with van der Waals surface area (Å²) in [6.45, 7) is 12.9. The second kappa shape index (κ2) is 6.96. The van der Waals surface area contributed by atoms with Gasteiger partial charge in [-0.2, -0.15) is 16.9 Å². The molecule has 1 aliphatic rings. The van der Waals surface area contributed by atoms with E-state index in [0.717, 1.165) is 30.0 Å². The second-order valence-electron chi connectivity index (χ2n) is 5.98. The van der Waals surface area contributed by atoms with E-state index in [9.17, 15) is 0 Å². The van der Waals surface area contributed by atoms with Crippen LogP contribution in [0.4, 0.5) is 0 Å². The molecule has 1 N–H and O–H groups in total. The minimum Gasteiger partial charge on any atom is -0.394 e. The monoisotopic (exact) mass is 297 g/mol.